The first-order valence-electron chi connectivity index (χ1n) is 10.4. The molecule has 2 fully saturated rings. The minimum atomic E-state index is 0.0183. The number of hydrogen-bond acceptors (Lipinski definition) is 4. The predicted octanol–water partition coefficient (Wildman–Crippen LogP) is 2.93. The number of aromatic amines is 1. The summed E-state index contributed by atoms with van der Waals surface area (Å²) in [5.41, 5.74) is 9.93. The van der Waals surface area contributed by atoms with Crippen LogP contribution in [-0.4, -0.2) is 41.1 Å². The zero-order valence-electron chi connectivity index (χ0n) is 16.4. The lowest BCUT2D eigenvalue weighted by atomic mass is 10.0. The fraction of sp³-hybridized carbons (Fsp3) is 0.348. The summed E-state index contributed by atoms with van der Waals surface area (Å²) in [6.45, 7) is 1.98. The molecule has 0 saturated carbocycles. The summed E-state index contributed by atoms with van der Waals surface area (Å²) in [7, 11) is 0. The summed E-state index contributed by atoms with van der Waals surface area (Å²) < 4.78 is 0. The van der Waals surface area contributed by atoms with Gasteiger partial charge >= 0.3 is 0 Å². The topological polar surface area (TPSA) is 72.2 Å². The number of nitrogens with zero attached hydrogens (tertiary/aromatic N) is 1. The molecule has 2 unspecified atom stereocenters. The second kappa shape index (κ2) is 7.99. The summed E-state index contributed by atoms with van der Waals surface area (Å²) in [6.07, 6.45) is 5.25. The van der Waals surface area contributed by atoms with Gasteiger partial charge in [0.05, 0.1) is 6.17 Å². The van der Waals surface area contributed by atoms with E-state index < -0.39 is 0 Å². The fourth-order valence-electron chi connectivity index (χ4n) is 4.50. The standard InChI is InChI=1S/C23H27N5O/c29-23(18-7-6-17-8-11-24-20(17)14-18)25-19-9-12-28(13-10-19)22-15-21(26-27-22)16-4-2-1-3-5-16/h1-8,11,14,19,21-22,24,26-27H,9-10,12-13,15H2,(H,25,29). The molecule has 29 heavy (non-hydrogen) atoms. The minimum absolute atomic E-state index is 0.0183. The molecule has 150 valence electrons. The molecule has 2 atom stereocenters. The number of aromatic nitrogens is 1. The van der Waals surface area contributed by atoms with E-state index in [4.69, 9.17) is 0 Å². The number of amides is 1. The van der Waals surface area contributed by atoms with Gasteiger partial charge in [-0.15, -0.1) is 0 Å². The average Bonchev–Trinajstić information content (AvgIpc) is 3.44. The van der Waals surface area contributed by atoms with Crippen LogP contribution in [0, 0.1) is 0 Å². The highest BCUT2D eigenvalue weighted by Gasteiger charge is 2.32. The molecule has 0 spiro atoms. The number of H-pyrrole nitrogens is 1. The highest BCUT2D eigenvalue weighted by Crippen LogP contribution is 2.25. The summed E-state index contributed by atoms with van der Waals surface area (Å²) in [6, 6.07) is 19.0. The van der Waals surface area contributed by atoms with Crippen LogP contribution >= 0.6 is 0 Å². The number of nitrogens with one attached hydrogen (secondary N) is 4. The molecule has 4 N–H and O–H groups in total. The second-order valence-electron chi connectivity index (χ2n) is 8.07. The van der Waals surface area contributed by atoms with Crippen molar-refractivity contribution in [3.05, 3.63) is 71.9 Å². The van der Waals surface area contributed by atoms with Crippen LogP contribution in [0.25, 0.3) is 10.9 Å². The molecule has 3 heterocycles. The van der Waals surface area contributed by atoms with Crippen molar-refractivity contribution in [2.24, 2.45) is 0 Å². The summed E-state index contributed by atoms with van der Waals surface area (Å²) in [5.74, 6) is 0.0183. The normalized spacial score (nSPS) is 23.4. The van der Waals surface area contributed by atoms with Crippen molar-refractivity contribution < 1.29 is 4.79 Å². The number of carbonyl (C=O) groups is 1. The molecule has 2 saturated heterocycles. The lowest BCUT2D eigenvalue weighted by Gasteiger charge is -2.35. The van der Waals surface area contributed by atoms with Crippen molar-refractivity contribution in [1.82, 2.24) is 26.1 Å². The molecular formula is C23H27N5O. The van der Waals surface area contributed by atoms with Crippen molar-refractivity contribution in [3.63, 3.8) is 0 Å². The number of piperidine rings is 1. The van der Waals surface area contributed by atoms with Crippen molar-refractivity contribution in [2.75, 3.05) is 13.1 Å². The number of fused-ring (bicyclic) bond motifs is 1. The summed E-state index contributed by atoms with van der Waals surface area (Å²) >= 11 is 0. The minimum Gasteiger partial charge on any atom is -0.361 e. The maximum atomic E-state index is 12.7. The third-order valence-electron chi connectivity index (χ3n) is 6.21. The SMILES string of the molecule is O=C(NC1CCN(C2CC(c3ccccc3)NN2)CC1)c1ccc2cc[nH]c2c1. The largest absolute Gasteiger partial charge is 0.361 e. The number of hydrogen-bond donors (Lipinski definition) is 4. The molecule has 3 aromatic rings. The Bertz CT molecular complexity index is 977. The highest BCUT2D eigenvalue weighted by molar-refractivity contribution is 5.98. The maximum absolute atomic E-state index is 12.7. The molecule has 0 bridgehead atoms. The van der Waals surface area contributed by atoms with Crippen LogP contribution in [0.1, 0.15) is 41.2 Å². The van der Waals surface area contributed by atoms with Crippen LogP contribution in [0.2, 0.25) is 0 Å². The number of likely N-dealkylation sites (tertiary alicyclic amines) is 1. The van der Waals surface area contributed by atoms with Gasteiger partial charge in [0.2, 0.25) is 0 Å². The predicted molar refractivity (Wildman–Crippen MR) is 114 cm³/mol. The Morgan fingerprint density at radius 3 is 2.66 bits per heavy atom. The van der Waals surface area contributed by atoms with Gasteiger partial charge in [-0.1, -0.05) is 36.4 Å². The van der Waals surface area contributed by atoms with Gasteiger partial charge in [-0.05, 0) is 48.4 Å². The van der Waals surface area contributed by atoms with E-state index in [0.29, 0.717) is 12.2 Å². The van der Waals surface area contributed by atoms with E-state index in [0.717, 1.165) is 48.8 Å². The molecule has 2 aromatic carbocycles. The van der Waals surface area contributed by atoms with Crippen LogP contribution in [0.15, 0.2) is 60.8 Å². The second-order valence-corrected chi connectivity index (χ2v) is 8.07. The van der Waals surface area contributed by atoms with E-state index in [-0.39, 0.29) is 11.9 Å². The van der Waals surface area contributed by atoms with Gasteiger partial charge in [0.15, 0.2) is 0 Å². The first-order valence-corrected chi connectivity index (χ1v) is 10.4. The highest BCUT2D eigenvalue weighted by atomic mass is 16.1. The molecule has 2 aliphatic heterocycles. The van der Waals surface area contributed by atoms with Gasteiger partial charge < -0.3 is 10.3 Å². The van der Waals surface area contributed by atoms with Gasteiger partial charge in [0.25, 0.3) is 5.91 Å². The number of carbonyl (C=O) groups excluding carboxylic acids is 1. The third kappa shape index (κ3) is 3.92. The Hall–Kier alpha value is -2.67. The Labute approximate surface area is 170 Å². The fourth-order valence-corrected chi connectivity index (χ4v) is 4.50. The molecule has 5 rings (SSSR count). The molecule has 1 aromatic heterocycles. The van der Waals surface area contributed by atoms with Crippen molar-refractivity contribution in [2.45, 2.75) is 37.5 Å². The van der Waals surface area contributed by atoms with Crippen molar-refractivity contribution in [3.8, 4) is 0 Å². The van der Waals surface area contributed by atoms with E-state index in [2.05, 4.69) is 56.4 Å². The van der Waals surface area contributed by atoms with Crippen LogP contribution in [-0.2, 0) is 0 Å². The molecular weight excluding hydrogens is 362 g/mol. The first-order chi connectivity index (χ1) is 14.3. The van der Waals surface area contributed by atoms with E-state index in [1.165, 1.54) is 5.56 Å². The van der Waals surface area contributed by atoms with Gasteiger partial charge in [0, 0.05) is 42.5 Å². The number of hydrazine groups is 1. The molecule has 6 nitrogen and oxygen atoms in total. The number of rotatable bonds is 4. The van der Waals surface area contributed by atoms with E-state index >= 15 is 0 Å². The number of benzene rings is 2. The van der Waals surface area contributed by atoms with E-state index in [9.17, 15) is 4.79 Å². The Morgan fingerprint density at radius 2 is 1.83 bits per heavy atom. The van der Waals surface area contributed by atoms with Crippen LogP contribution in [0.4, 0.5) is 0 Å². The summed E-state index contributed by atoms with van der Waals surface area (Å²) in [5, 5.41) is 4.35. The zero-order valence-corrected chi connectivity index (χ0v) is 16.4. The molecule has 6 heteroatoms. The Morgan fingerprint density at radius 1 is 1.00 bits per heavy atom. The zero-order chi connectivity index (χ0) is 19.6. The van der Waals surface area contributed by atoms with Crippen LogP contribution < -0.4 is 16.2 Å². The molecule has 2 aliphatic rings. The van der Waals surface area contributed by atoms with E-state index in [1.54, 1.807) is 0 Å². The average molecular weight is 390 g/mol. The van der Waals surface area contributed by atoms with Crippen molar-refractivity contribution in [1.29, 1.82) is 0 Å². The Balaban J connectivity index is 1.13. The van der Waals surface area contributed by atoms with Gasteiger partial charge in [-0.25, -0.2) is 10.9 Å². The molecule has 0 aliphatic carbocycles. The van der Waals surface area contributed by atoms with Gasteiger partial charge in [-0.3, -0.25) is 9.69 Å². The Kier molecular flexibility index (Phi) is 5.06. The van der Waals surface area contributed by atoms with Gasteiger partial charge in [-0.2, -0.15) is 0 Å². The third-order valence-corrected chi connectivity index (χ3v) is 6.21. The summed E-state index contributed by atoms with van der Waals surface area (Å²) in [4.78, 5) is 18.3. The first kappa shape index (κ1) is 18.4. The van der Waals surface area contributed by atoms with Crippen molar-refractivity contribution >= 4 is 16.8 Å². The monoisotopic (exact) mass is 389 g/mol. The smallest absolute Gasteiger partial charge is 0.251 e. The van der Waals surface area contributed by atoms with Crippen LogP contribution in [0.3, 0.4) is 0 Å². The molecule has 0 radical (unpaired) electrons. The quantitative estimate of drug-likeness (QED) is 0.554. The lowest BCUT2D eigenvalue weighted by molar-refractivity contribution is 0.0880. The van der Waals surface area contributed by atoms with E-state index in [1.807, 2.05) is 30.5 Å². The lowest BCUT2D eigenvalue weighted by Crippen LogP contribution is -2.51. The van der Waals surface area contributed by atoms with Crippen LogP contribution in [0.5, 0.6) is 0 Å². The van der Waals surface area contributed by atoms with Gasteiger partial charge in [0.1, 0.15) is 0 Å². The molecule has 1 amide bonds. The maximum Gasteiger partial charge on any atom is 0.251 e.